The number of likely N-dealkylation sites (tertiary alicyclic amines) is 1. The fraction of sp³-hybridized carbons (Fsp3) is 1.00. The molecule has 1 rings (SSSR count). The summed E-state index contributed by atoms with van der Waals surface area (Å²) in [6, 6.07) is 0. The molecule has 1 saturated heterocycles. The quantitative estimate of drug-likeness (QED) is 0.654. The Morgan fingerprint density at radius 1 is 1.62 bits per heavy atom. The van der Waals surface area contributed by atoms with Gasteiger partial charge in [0, 0.05) is 25.6 Å². The smallest absolute Gasteiger partial charge is 0.0670 e. The van der Waals surface area contributed by atoms with Crippen LogP contribution in [0.1, 0.15) is 20.3 Å². The highest BCUT2D eigenvalue weighted by Crippen LogP contribution is 2.21. The van der Waals surface area contributed by atoms with E-state index in [9.17, 15) is 0 Å². The Labute approximate surface area is 86.2 Å². The molecular formula is C10H20ClNO. The van der Waals surface area contributed by atoms with Crippen molar-refractivity contribution in [3.63, 3.8) is 0 Å². The minimum Gasteiger partial charge on any atom is -0.380 e. The zero-order valence-corrected chi connectivity index (χ0v) is 9.55. The summed E-state index contributed by atoms with van der Waals surface area (Å²) in [5, 5.41) is 0.317. The van der Waals surface area contributed by atoms with Crippen LogP contribution in [0, 0.1) is 5.92 Å². The number of hydrogen-bond donors (Lipinski definition) is 0. The minimum atomic E-state index is 0.317. The predicted molar refractivity (Wildman–Crippen MR) is 56.3 cm³/mol. The molecule has 0 aromatic heterocycles. The van der Waals surface area contributed by atoms with E-state index in [0.717, 1.165) is 19.6 Å². The molecule has 1 fully saturated rings. The van der Waals surface area contributed by atoms with E-state index in [-0.39, 0.29) is 0 Å². The van der Waals surface area contributed by atoms with E-state index < -0.39 is 0 Å². The van der Waals surface area contributed by atoms with Crippen LogP contribution in [-0.4, -0.2) is 43.1 Å². The van der Waals surface area contributed by atoms with Gasteiger partial charge in [-0.1, -0.05) is 6.92 Å². The Morgan fingerprint density at radius 2 is 2.31 bits per heavy atom. The van der Waals surface area contributed by atoms with Crippen LogP contribution in [0.5, 0.6) is 0 Å². The van der Waals surface area contributed by atoms with E-state index in [1.807, 2.05) is 0 Å². The summed E-state index contributed by atoms with van der Waals surface area (Å²) in [4.78, 5) is 2.39. The zero-order valence-electron chi connectivity index (χ0n) is 8.79. The molecule has 0 saturated carbocycles. The molecule has 0 spiro atoms. The van der Waals surface area contributed by atoms with Gasteiger partial charge in [-0.25, -0.2) is 0 Å². The Hall–Kier alpha value is 0.210. The average Bonchev–Trinajstić information content (AvgIpc) is 2.11. The molecule has 13 heavy (non-hydrogen) atoms. The molecule has 1 aliphatic rings. The third-order valence-corrected chi connectivity index (χ3v) is 3.44. The summed E-state index contributed by atoms with van der Waals surface area (Å²) in [6.07, 6.45) is 1.53. The Kier molecular flexibility index (Phi) is 4.50. The summed E-state index contributed by atoms with van der Waals surface area (Å²) in [7, 11) is 1.76. The number of methoxy groups -OCH3 is 1. The summed E-state index contributed by atoms with van der Waals surface area (Å²) in [5.74, 6) is 0.663. The summed E-state index contributed by atoms with van der Waals surface area (Å²) < 4.78 is 5.23. The van der Waals surface area contributed by atoms with Gasteiger partial charge in [0.2, 0.25) is 0 Å². The highest BCUT2D eigenvalue weighted by atomic mass is 35.5. The van der Waals surface area contributed by atoms with Crippen molar-refractivity contribution in [1.29, 1.82) is 0 Å². The lowest BCUT2D eigenvalue weighted by Crippen LogP contribution is -2.43. The highest BCUT2D eigenvalue weighted by Gasteiger charge is 2.24. The fourth-order valence-corrected chi connectivity index (χ4v) is 2.01. The van der Waals surface area contributed by atoms with Crippen molar-refractivity contribution in [1.82, 2.24) is 4.90 Å². The van der Waals surface area contributed by atoms with Crippen LogP contribution in [0.4, 0.5) is 0 Å². The fourth-order valence-electron chi connectivity index (χ4n) is 1.69. The standard InChI is InChI=1S/C10H20ClNO/c1-8-4-5-12(7-10(8)11)6-9(2)13-3/h8-10H,4-7H2,1-3H3. The van der Waals surface area contributed by atoms with Crippen molar-refractivity contribution in [3.05, 3.63) is 0 Å². The molecule has 3 unspecified atom stereocenters. The highest BCUT2D eigenvalue weighted by molar-refractivity contribution is 6.21. The third-order valence-electron chi connectivity index (χ3n) is 2.87. The van der Waals surface area contributed by atoms with Crippen LogP contribution in [0.25, 0.3) is 0 Å². The van der Waals surface area contributed by atoms with Gasteiger partial charge in [0.25, 0.3) is 0 Å². The van der Waals surface area contributed by atoms with Crippen molar-refractivity contribution in [2.24, 2.45) is 5.92 Å². The molecule has 0 N–H and O–H groups in total. The SMILES string of the molecule is COC(C)CN1CCC(C)C(Cl)C1. The monoisotopic (exact) mass is 205 g/mol. The van der Waals surface area contributed by atoms with E-state index in [1.54, 1.807) is 7.11 Å². The normalized spacial score (nSPS) is 33.2. The van der Waals surface area contributed by atoms with Gasteiger partial charge in [0.05, 0.1) is 6.10 Å². The van der Waals surface area contributed by atoms with E-state index >= 15 is 0 Å². The van der Waals surface area contributed by atoms with Crippen LogP contribution in [0.3, 0.4) is 0 Å². The molecule has 0 aromatic carbocycles. The molecule has 1 aliphatic heterocycles. The first kappa shape index (κ1) is 11.3. The van der Waals surface area contributed by atoms with Gasteiger partial charge in [0.1, 0.15) is 0 Å². The first-order chi connectivity index (χ1) is 6.13. The Morgan fingerprint density at radius 3 is 2.85 bits per heavy atom. The maximum absolute atomic E-state index is 6.21. The number of piperidine rings is 1. The number of ether oxygens (including phenoxy) is 1. The lowest BCUT2D eigenvalue weighted by Gasteiger charge is -2.35. The second kappa shape index (κ2) is 5.18. The second-order valence-electron chi connectivity index (χ2n) is 4.09. The Balaban J connectivity index is 2.29. The molecule has 1 heterocycles. The van der Waals surface area contributed by atoms with E-state index in [1.165, 1.54) is 6.42 Å². The maximum atomic E-state index is 6.21. The van der Waals surface area contributed by atoms with Gasteiger partial charge in [0.15, 0.2) is 0 Å². The number of nitrogens with zero attached hydrogens (tertiary/aromatic N) is 1. The molecule has 78 valence electrons. The van der Waals surface area contributed by atoms with Crippen LogP contribution >= 0.6 is 11.6 Å². The van der Waals surface area contributed by atoms with Gasteiger partial charge >= 0.3 is 0 Å². The van der Waals surface area contributed by atoms with Crippen LogP contribution in [-0.2, 0) is 4.74 Å². The van der Waals surface area contributed by atoms with E-state index in [2.05, 4.69) is 18.7 Å². The number of alkyl halides is 1. The van der Waals surface area contributed by atoms with Gasteiger partial charge in [-0.05, 0) is 25.8 Å². The number of rotatable bonds is 3. The Bertz CT molecular complexity index is 152. The van der Waals surface area contributed by atoms with Crippen LogP contribution in [0.2, 0.25) is 0 Å². The predicted octanol–water partition coefficient (Wildman–Crippen LogP) is 1.97. The van der Waals surface area contributed by atoms with Crippen molar-refractivity contribution < 1.29 is 4.74 Å². The summed E-state index contributed by atoms with van der Waals surface area (Å²) in [5.41, 5.74) is 0. The van der Waals surface area contributed by atoms with E-state index in [0.29, 0.717) is 17.4 Å². The average molecular weight is 206 g/mol. The molecule has 0 bridgehead atoms. The first-order valence-electron chi connectivity index (χ1n) is 5.02. The third kappa shape index (κ3) is 3.45. The van der Waals surface area contributed by atoms with Crippen molar-refractivity contribution in [2.45, 2.75) is 31.7 Å². The van der Waals surface area contributed by atoms with Crippen LogP contribution < -0.4 is 0 Å². The van der Waals surface area contributed by atoms with Crippen LogP contribution in [0.15, 0.2) is 0 Å². The summed E-state index contributed by atoms with van der Waals surface area (Å²) >= 11 is 6.21. The molecule has 0 radical (unpaired) electrons. The van der Waals surface area contributed by atoms with Gasteiger partial charge in [-0.2, -0.15) is 0 Å². The van der Waals surface area contributed by atoms with Gasteiger partial charge in [-0.15, -0.1) is 11.6 Å². The first-order valence-corrected chi connectivity index (χ1v) is 5.46. The van der Waals surface area contributed by atoms with Crippen molar-refractivity contribution >= 4 is 11.6 Å². The summed E-state index contributed by atoms with van der Waals surface area (Å²) in [6.45, 7) is 7.51. The lowest BCUT2D eigenvalue weighted by molar-refractivity contribution is 0.0650. The van der Waals surface area contributed by atoms with Crippen molar-refractivity contribution in [3.8, 4) is 0 Å². The topological polar surface area (TPSA) is 12.5 Å². The zero-order chi connectivity index (χ0) is 9.84. The van der Waals surface area contributed by atoms with Crippen molar-refractivity contribution in [2.75, 3.05) is 26.7 Å². The number of halogens is 1. The minimum absolute atomic E-state index is 0.317. The second-order valence-corrected chi connectivity index (χ2v) is 4.65. The van der Waals surface area contributed by atoms with Gasteiger partial charge in [-0.3, -0.25) is 4.90 Å². The molecule has 3 atom stereocenters. The molecule has 0 amide bonds. The van der Waals surface area contributed by atoms with Gasteiger partial charge < -0.3 is 4.74 Å². The lowest BCUT2D eigenvalue weighted by atomic mass is 9.98. The molecule has 2 nitrogen and oxygen atoms in total. The van der Waals surface area contributed by atoms with E-state index in [4.69, 9.17) is 16.3 Å². The molecular weight excluding hydrogens is 186 g/mol. The molecule has 3 heteroatoms. The maximum Gasteiger partial charge on any atom is 0.0670 e. The largest absolute Gasteiger partial charge is 0.380 e. The number of hydrogen-bond acceptors (Lipinski definition) is 2. The molecule has 0 aromatic rings. The molecule has 0 aliphatic carbocycles.